The van der Waals surface area contributed by atoms with Crippen LogP contribution in [0.15, 0.2) is 0 Å². The second-order valence-electron chi connectivity index (χ2n) is 5.75. The van der Waals surface area contributed by atoms with Crippen molar-refractivity contribution in [1.82, 2.24) is 4.90 Å². The third-order valence-corrected chi connectivity index (χ3v) is 4.65. The summed E-state index contributed by atoms with van der Waals surface area (Å²) in [5.41, 5.74) is -0.128. The van der Waals surface area contributed by atoms with Crippen LogP contribution in [0.2, 0.25) is 0 Å². The monoisotopic (exact) mass is 269 g/mol. The molecule has 2 saturated heterocycles. The Bertz CT molecular complexity index is 300. The van der Waals surface area contributed by atoms with Crippen LogP contribution in [-0.4, -0.2) is 48.8 Å². The lowest BCUT2D eigenvalue weighted by atomic mass is 9.85. The third-order valence-electron chi connectivity index (χ3n) is 4.65. The van der Waals surface area contributed by atoms with E-state index < -0.39 is 0 Å². The van der Waals surface area contributed by atoms with Gasteiger partial charge in [0, 0.05) is 6.61 Å². The van der Waals surface area contributed by atoms with E-state index in [2.05, 4.69) is 11.8 Å². The first-order valence-corrected chi connectivity index (χ1v) is 7.71. The molecule has 110 valence electrons. The summed E-state index contributed by atoms with van der Waals surface area (Å²) < 4.78 is 11.0. The Balaban J connectivity index is 2.11. The van der Waals surface area contributed by atoms with Gasteiger partial charge < -0.3 is 9.47 Å². The lowest BCUT2D eigenvalue weighted by Crippen LogP contribution is -2.55. The minimum absolute atomic E-state index is 0.0795. The molecular weight excluding hydrogens is 242 g/mol. The van der Waals surface area contributed by atoms with Gasteiger partial charge in [-0.25, -0.2) is 0 Å². The fourth-order valence-electron chi connectivity index (χ4n) is 3.51. The van der Waals surface area contributed by atoms with Gasteiger partial charge in [-0.3, -0.25) is 9.69 Å². The van der Waals surface area contributed by atoms with Gasteiger partial charge in [0.2, 0.25) is 0 Å². The first-order valence-electron chi connectivity index (χ1n) is 7.71. The zero-order valence-corrected chi connectivity index (χ0v) is 12.3. The number of likely N-dealkylation sites (tertiary alicyclic amines) is 1. The number of ether oxygens (including phenoxy) is 2. The van der Waals surface area contributed by atoms with E-state index in [1.807, 2.05) is 6.92 Å². The Kier molecular flexibility index (Phi) is 5.22. The zero-order valence-electron chi connectivity index (χ0n) is 12.3. The highest BCUT2D eigenvalue weighted by molar-refractivity contribution is 5.71. The quantitative estimate of drug-likeness (QED) is 0.734. The Hall–Kier alpha value is -0.610. The number of rotatable bonds is 4. The smallest absolute Gasteiger partial charge is 0.307 e. The van der Waals surface area contributed by atoms with Crippen molar-refractivity contribution in [3.63, 3.8) is 0 Å². The van der Waals surface area contributed by atoms with E-state index in [1.54, 1.807) is 0 Å². The van der Waals surface area contributed by atoms with Crippen LogP contribution in [0.3, 0.4) is 0 Å². The van der Waals surface area contributed by atoms with Gasteiger partial charge in [-0.2, -0.15) is 0 Å². The van der Waals surface area contributed by atoms with Gasteiger partial charge in [0.15, 0.2) is 0 Å². The van der Waals surface area contributed by atoms with Crippen molar-refractivity contribution in [2.75, 3.05) is 26.3 Å². The first kappa shape index (κ1) is 14.8. The van der Waals surface area contributed by atoms with Crippen molar-refractivity contribution in [2.45, 2.75) is 64.0 Å². The molecule has 2 rings (SSSR count). The number of hydrogen-bond acceptors (Lipinski definition) is 4. The molecule has 0 radical (unpaired) electrons. The fraction of sp³-hybridized carbons (Fsp3) is 0.933. The molecule has 2 aliphatic rings. The maximum absolute atomic E-state index is 12.0. The summed E-state index contributed by atoms with van der Waals surface area (Å²) in [5, 5.41) is 0. The third kappa shape index (κ3) is 3.29. The van der Waals surface area contributed by atoms with Gasteiger partial charge >= 0.3 is 5.97 Å². The number of hydrogen-bond donors (Lipinski definition) is 0. The first-order chi connectivity index (χ1) is 9.19. The van der Waals surface area contributed by atoms with Gasteiger partial charge in [-0.05, 0) is 46.2 Å². The summed E-state index contributed by atoms with van der Waals surface area (Å²) >= 11 is 0. The second-order valence-corrected chi connectivity index (χ2v) is 5.75. The van der Waals surface area contributed by atoms with E-state index in [0.717, 1.165) is 26.1 Å². The van der Waals surface area contributed by atoms with Crippen LogP contribution in [0.4, 0.5) is 0 Å². The van der Waals surface area contributed by atoms with E-state index in [9.17, 15) is 4.79 Å². The molecule has 0 aromatic rings. The summed E-state index contributed by atoms with van der Waals surface area (Å²) in [4.78, 5) is 14.5. The van der Waals surface area contributed by atoms with Crippen LogP contribution in [-0.2, 0) is 14.3 Å². The molecule has 0 bridgehead atoms. The molecule has 2 atom stereocenters. The van der Waals surface area contributed by atoms with E-state index in [4.69, 9.17) is 9.47 Å². The van der Waals surface area contributed by atoms with Gasteiger partial charge in [-0.15, -0.1) is 0 Å². The molecule has 0 saturated carbocycles. The van der Waals surface area contributed by atoms with Crippen molar-refractivity contribution < 1.29 is 14.3 Å². The van der Waals surface area contributed by atoms with Gasteiger partial charge in [0.05, 0.1) is 24.7 Å². The zero-order chi connectivity index (χ0) is 13.7. The molecular formula is C15H27NO3. The highest BCUT2D eigenvalue weighted by atomic mass is 16.5. The molecule has 19 heavy (non-hydrogen) atoms. The largest absolute Gasteiger partial charge is 0.466 e. The lowest BCUT2D eigenvalue weighted by molar-refractivity contribution is -0.148. The number of carbonyl (C=O) groups excluding carboxylic acids is 1. The summed E-state index contributed by atoms with van der Waals surface area (Å²) in [5.74, 6) is -0.0795. The van der Waals surface area contributed by atoms with Crippen LogP contribution in [0, 0.1) is 0 Å². The van der Waals surface area contributed by atoms with Crippen LogP contribution in [0.1, 0.15) is 52.4 Å². The highest BCUT2D eigenvalue weighted by Crippen LogP contribution is 2.37. The van der Waals surface area contributed by atoms with Crippen molar-refractivity contribution in [1.29, 1.82) is 0 Å². The molecule has 0 N–H and O–H groups in total. The van der Waals surface area contributed by atoms with Crippen LogP contribution >= 0.6 is 0 Å². The molecule has 2 unspecified atom stereocenters. The topological polar surface area (TPSA) is 38.8 Å². The summed E-state index contributed by atoms with van der Waals surface area (Å²) in [7, 11) is 0. The predicted molar refractivity (Wildman–Crippen MR) is 74.1 cm³/mol. The van der Waals surface area contributed by atoms with E-state index in [-0.39, 0.29) is 17.6 Å². The maximum atomic E-state index is 12.0. The average molecular weight is 269 g/mol. The van der Waals surface area contributed by atoms with Crippen LogP contribution < -0.4 is 0 Å². The van der Waals surface area contributed by atoms with Crippen molar-refractivity contribution in [3.05, 3.63) is 0 Å². The Labute approximate surface area is 116 Å². The normalized spacial score (nSPS) is 33.1. The van der Waals surface area contributed by atoms with E-state index in [1.165, 1.54) is 25.7 Å². The lowest BCUT2D eigenvalue weighted by Gasteiger charge is -2.42. The van der Waals surface area contributed by atoms with E-state index in [0.29, 0.717) is 13.0 Å². The van der Waals surface area contributed by atoms with Gasteiger partial charge in [-0.1, -0.05) is 12.8 Å². The molecule has 2 fully saturated rings. The Morgan fingerprint density at radius 2 is 2.00 bits per heavy atom. The molecule has 4 nitrogen and oxygen atoms in total. The van der Waals surface area contributed by atoms with Gasteiger partial charge in [0.25, 0.3) is 0 Å². The summed E-state index contributed by atoms with van der Waals surface area (Å²) in [6.07, 6.45) is 6.63. The molecule has 0 amide bonds. The summed E-state index contributed by atoms with van der Waals surface area (Å²) in [6, 6.07) is 0. The average Bonchev–Trinajstić information content (AvgIpc) is 2.62. The van der Waals surface area contributed by atoms with Crippen molar-refractivity contribution >= 4 is 5.97 Å². The summed E-state index contributed by atoms with van der Waals surface area (Å²) in [6.45, 7) is 7.38. The number of esters is 1. The van der Waals surface area contributed by atoms with Crippen molar-refractivity contribution in [3.8, 4) is 0 Å². The SMILES string of the molecule is CCOC(=O)CC1(N2CCCCCC2)CCOC1C. The standard InChI is InChI=1S/C15H27NO3/c1-3-18-14(17)12-15(8-11-19-13(15)2)16-9-6-4-5-7-10-16/h13H,3-12H2,1-2H3. The molecule has 0 aromatic heterocycles. The Morgan fingerprint density at radius 1 is 1.32 bits per heavy atom. The fourth-order valence-corrected chi connectivity index (χ4v) is 3.51. The molecule has 0 aliphatic carbocycles. The maximum Gasteiger partial charge on any atom is 0.307 e. The highest BCUT2D eigenvalue weighted by Gasteiger charge is 2.47. The molecule has 4 heteroatoms. The van der Waals surface area contributed by atoms with Crippen LogP contribution in [0.5, 0.6) is 0 Å². The Morgan fingerprint density at radius 3 is 2.53 bits per heavy atom. The van der Waals surface area contributed by atoms with Crippen LogP contribution in [0.25, 0.3) is 0 Å². The molecule has 2 aliphatic heterocycles. The predicted octanol–water partition coefficient (Wildman–Crippen LogP) is 2.36. The molecule has 2 heterocycles. The minimum Gasteiger partial charge on any atom is -0.466 e. The molecule has 0 spiro atoms. The van der Waals surface area contributed by atoms with E-state index >= 15 is 0 Å². The number of nitrogens with zero attached hydrogens (tertiary/aromatic N) is 1. The molecule has 0 aromatic carbocycles. The number of carbonyl (C=O) groups is 1. The van der Waals surface area contributed by atoms with Crippen molar-refractivity contribution in [2.24, 2.45) is 0 Å². The van der Waals surface area contributed by atoms with Gasteiger partial charge in [0.1, 0.15) is 0 Å². The second kappa shape index (κ2) is 6.71. The minimum atomic E-state index is -0.128.